The molecule has 4 rings (SSSR count). The number of hydrogen-bond donors (Lipinski definition) is 3. The van der Waals surface area contributed by atoms with E-state index in [1.54, 1.807) is 12.2 Å². The highest BCUT2D eigenvalue weighted by atomic mass is 32.2. The number of rotatable bonds is 5. The second-order valence-corrected chi connectivity index (χ2v) is 9.30. The maximum Gasteiger partial charge on any atom is 0.552 e. The number of aromatic amines is 1. The van der Waals surface area contributed by atoms with Gasteiger partial charge in [-0.3, -0.25) is 0 Å². The summed E-state index contributed by atoms with van der Waals surface area (Å²) in [4.78, 5) is 7.40. The Bertz CT molecular complexity index is 979. The molecule has 7 nitrogen and oxygen atoms in total. The Labute approximate surface area is 153 Å². The fourth-order valence-electron chi connectivity index (χ4n) is 4.14. The van der Waals surface area contributed by atoms with Gasteiger partial charge in [-0.25, -0.2) is 18.1 Å². The lowest BCUT2D eigenvalue weighted by Gasteiger charge is -2.47. The van der Waals surface area contributed by atoms with Gasteiger partial charge in [0.2, 0.25) is 10.0 Å². The number of aromatic nitrogens is 2. The molecule has 1 saturated carbocycles. The van der Waals surface area contributed by atoms with Gasteiger partial charge in [0.25, 0.3) is 0 Å². The van der Waals surface area contributed by atoms with Crippen molar-refractivity contribution in [1.82, 2.24) is 14.7 Å². The van der Waals surface area contributed by atoms with Gasteiger partial charge in [0.15, 0.2) is 0 Å². The molecule has 0 atom stereocenters. The third kappa shape index (κ3) is 3.04. The maximum atomic E-state index is 12.1. The van der Waals surface area contributed by atoms with Crippen LogP contribution in [0.4, 0.5) is 0 Å². The standard InChI is InChI=1S/C17H22BN3O4S/c1-3-6-26(23,24)21-17(2)7-11(8-17)13-9-18(22)25-14-10-20-16-12(15(13)14)4-5-19-16/h4-5,9-11,21-22H,3,6-8H2,1-2H3,(H,19,20)/t11-,17+. The number of hydrogen-bond acceptors (Lipinski definition) is 5. The first-order valence-electron chi connectivity index (χ1n) is 8.85. The first kappa shape index (κ1) is 17.6. The fourth-order valence-corrected chi connectivity index (χ4v) is 5.70. The van der Waals surface area contributed by atoms with Gasteiger partial charge in [-0.05, 0) is 49.7 Å². The Hall–Kier alpha value is -1.84. The summed E-state index contributed by atoms with van der Waals surface area (Å²) in [6.07, 6.45) is 5.40. The van der Waals surface area contributed by atoms with Gasteiger partial charge in [-0.15, -0.1) is 0 Å². The third-order valence-corrected chi connectivity index (χ3v) is 6.87. The predicted molar refractivity (Wildman–Crippen MR) is 101 cm³/mol. The Balaban J connectivity index is 1.61. The highest BCUT2D eigenvalue weighted by molar-refractivity contribution is 7.89. The maximum absolute atomic E-state index is 12.1. The first-order valence-corrected chi connectivity index (χ1v) is 10.5. The molecule has 9 heteroatoms. The number of fused-ring (bicyclic) bond motifs is 3. The van der Waals surface area contributed by atoms with E-state index in [9.17, 15) is 13.4 Å². The minimum Gasteiger partial charge on any atom is -0.531 e. The summed E-state index contributed by atoms with van der Waals surface area (Å²) in [6.45, 7) is 3.79. The summed E-state index contributed by atoms with van der Waals surface area (Å²) in [5.74, 6) is 2.57. The Kier molecular flexibility index (Phi) is 4.13. The smallest absolute Gasteiger partial charge is 0.531 e. The van der Waals surface area contributed by atoms with Crippen molar-refractivity contribution in [3.8, 4) is 5.75 Å². The first-order chi connectivity index (χ1) is 12.3. The molecule has 0 radical (unpaired) electrons. The van der Waals surface area contributed by atoms with Gasteiger partial charge in [0.1, 0.15) is 11.4 Å². The lowest BCUT2D eigenvalue weighted by atomic mass is 9.63. The second-order valence-electron chi connectivity index (χ2n) is 7.45. The molecule has 0 bridgehead atoms. The minimum atomic E-state index is -3.26. The molecule has 3 N–H and O–H groups in total. The van der Waals surface area contributed by atoms with E-state index in [-0.39, 0.29) is 11.7 Å². The van der Waals surface area contributed by atoms with Crippen LogP contribution in [0.3, 0.4) is 0 Å². The molecule has 0 aromatic carbocycles. The molecule has 3 heterocycles. The highest BCUT2D eigenvalue weighted by Crippen LogP contribution is 2.49. The fraction of sp³-hybridized carbons (Fsp3) is 0.471. The lowest BCUT2D eigenvalue weighted by molar-refractivity contribution is 0.192. The predicted octanol–water partition coefficient (Wildman–Crippen LogP) is 1.86. The SMILES string of the molecule is CCCS(=O)(=O)N[C@]1(C)C[C@H](C2=CB(O)Oc3cnc4[nH]ccc4c32)C1. The average Bonchev–Trinajstić information content (AvgIpc) is 2.99. The second kappa shape index (κ2) is 6.11. The van der Waals surface area contributed by atoms with E-state index in [4.69, 9.17) is 4.65 Å². The topological polar surface area (TPSA) is 104 Å². The summed E-state index contributed by atoms with van der Waals surface area (Å²) >= 11 is 0. The molecule has 0 amide bonds. The molecular formula is C17H22BN3O4S. The van der Waals surface area contributed by atoms with E-state index >= 15 is 0 Å². The number of sulfonamides is 1. The van der Waals surface area contributed by atoms with Crippen LogP contribution >= 0.6 is 0 Å². The molecule has 0 unspecified atom stereocenters. The van der Waals surface area contributed by atoms with Crippen molar-refractivity contribution in [2.24, 2.45) is 5.92 Å². The van der Waals surface area contributed by atoms with Crippen molar-refractivity contribution >= 4 is 33.7 Å². The summed E-state index contributed by atoms with van der Waals surface area (Å²) in [5, 5.41) is 11.0. The molecule has 26 heavy (non-hydrogen) atoms. The molecule has 1 aliphatic heterocycles. The number of nitrogens with one attached hydrogen (secondary N) is 2. The van der Waals surface area contributed by atoms with Gasteiger partial charge in [0.05, 0.1) is 11.9 Å². The Morgan fingerprint density at radius 1 is 1.50 bits per heavy atom. The van der Waals surface area contributed by atoms with E-state index in [0.29, 0.717) is 25.0 Å². The number of allylic oxidation sites excluding steroid dienone is 1. The lowest BCUT2D eigenvalue weighted by Crippen LogP contribution is -2.55. The van der Waals surface area contributed by atoms with Crippen LogP contribution in [0, 0.1) is 5.92 Å². The van der Waals surface area contributed by atoms with Crippen LogP contribution in [0.2, 0.25) is 0 Å². The molecule has 1 fully saturated rings. The van der Waals surface area contributed by atoms with Gasteiger partial charge in [-0.1, -0.05) is 6.92 Å². The summed E-state index contributed by atoms with van der Waals surface area (Å²) in [7, 11) is -4.27. The van der Waals surface area contributed by atoms with Crippen LogP contribution in [-0.4, -0.2) is 41.8 Å². The molecule has 1 aliphatic carbocycles. The quantitative estimate of drug-likeness (QED) is 0.692. The zero-order valence-corrected chi connectivity index (χ0v) is 15.6. The van der Waals surface area contributed by atoms with Crippen LogP contribution in [-0.2, 0) is 10.0 Å². The number of nitrogens with zero attached hydrogens (tertiary/aromatic N) is 1. The number of H-pyrrole nitrogens is 1. The van der Waals surface area contributed by atoms with E-state index in [0.717, 1.165) is 22.2 Å². The van der Waals surface area contributed by atoms with Crippen LogP contribution < -0.4 is 9.38 Å². The summed E-state index contributed by atoms with van der Waals surface area (Å²) < 4.78 is 32.6. The van der Waals surface area contributed by atoms with Crippen LogP contribution in [0.5, 0.6) is 5.75 Å². The van der Waals surface area contributed by atoms with Crippen molar-refractivity contribution in [1.29, 1.82) is 0 Å². The zero-order chi connectivity index (χ0) is 18.5. The van der Waals surface area contributed by atoms with Gasteiger partial charge >= 0.3 is 7.12 Å². The van der Waals surface area contributed by atoms with Gasteiger partial charge < -0.3 is 14.7 Å². The van der Waals surface area contributed by atoms with Crippen LogP contribution in [0.1, 0.15) is 38.7 Å². The van der Waals surface area contributed by atoms with E-state index in [1.807, 2.05) is 26.1 Å². The summed E-state index contributed by atoms with van der Waals surface area (Å²) in [6, 6.07) is 1.94. The van der Waals surface area contributed by atoms with E-state index in [1.165, 1.54) is 0 Å². The van der Waals surface area contributed by atoms with Crippen LogP contribution in [0.25, 0.3) is 16.6 Å². The Morgan fingerprint density at radius 2 is 2.27 bits per heavy atom. The van der Waals surface area contributed by atoms with Gasteiger partial charge in [-0.2, -0.15) is 0 Å². The molecule has 0 spiro atoms. The monoisotopic (exact) mass is 375 g/mol. The molecule has 2 aromatic heterocycles. The number of pyridine rings is 1. The van der Waals surface area contributed by atoms with Crippen molar-refractivity contribution < 1.29 is 18.1 Å². The zero-order valence-electron chi connectivity index (χ0n) is 14.8. The van der Waals surface area contributed by atoms with E-state index in [2.05, 4.69) is 14.7 Å². The average molecular weight is 375 g/mol. The van der Waals surface area contributed by atoms with Crippen molar-refractivity contribution in [2.75, 3.05) is 5.75 Å². The van der Waals surface area contributed by atoms with Crippen molar-refractivity contribution in [3.05, 3.63) is 30.0 Å². The van der Waals surface area contributed by atoms with Crippen molar-refractivity contribution in [2.45, 2.75) is 38.6 Å². The van der Waals surface area contributed by atoms with E-state index < -0.39 is 22.7 Å². The molecule has 2 aromatic rings. The molecule has 138 valence electrons. The molecular weight excluding hydrogens is 353 g/mol. The third-order valence-electron chi connectivity index (χ3n) is 5.12. The Morgan fingerprint density at radius 3 is 3.00 bits per heavy atom. The normalized spacial score (nSPS) is 25.4. The molecule has 2 aliphatic rings. The van der Waals surface area contributed by atoms with Crippen LogP contribution in [0.15, 0.2) is 24.4 Å². The van der Waals surface area contributed by atoms with Gasteiger partial charge in [0, 0.05) is 22.7 Å². The van der Waals surface area contributed by atoms with Crippen molar-refractivity contribution in [3.63, 3.8) is 0 Å². The highest BCUT2D eigenvalue weighted by Gasteiger charge is 2.46. The molecule has 0 saturated heterocycles. The minimum absolute atomic E-state index is 0.140. The largest absolute Gasteiger partial charge is 0.552 e. The summed E-state index contributed by atoms with van der Waals surface area (Å²) in [5.41, 5.74) is 2.25.